The molecule has 2 N–H and O–H groups in total. The van der Waals surface area contributed by atoms with Gasteiger partial charge in [-0.1, -0.05) is 6.07 Å². The van der Waals surface area contributed by atoms with Crippen molar-refractivity contribution >= 4 is 11.3 Å². The first-order valence-electron chi connectivity index (χ1n) is 5.95. The van der Waals surface area contributed by atoms with Crippen LogP contribution in [0.1, 0.15) is 16.1 Å². The monoisotopic (exact) mass is 262 g/mol. The van der Waals surface area contributed by atoms with Gasteiger partial charge in [-0.25, -0.2) is 4.98 Å². The van der Waals surface area contributed by atoms with E-state index < -0.39 is 0 Å². The molecule has 3 nitrogen and oxygen atoms in total. The molecule has 1 aromatic heterocycles. The average Bonchev–Trinajstić information content (AvgIpc) is 2.77. The predicted octanol–water partition coefficient (Wildman–Crippen LogP) is 2.94. The Kier molecular flexibility index (Phi) is 3.99. The van der Waals surface area contributed by atoms with Gasteiger partial charge in [0, 0.05) is 17.4 Å². The molecule has 0 spiro atoms. The fourth-order valence-corrected chi connectivity index (χ4v) is 2.90. The van der Waals surface area contributed by atoms with Crippen LogP contribution in [0, 0.1) is 13.8 Å². The number of thiazole rings is 1. The molecule has 2 aromatic rings. The highest BCUT2D eigenvalue weighted by molar-refractivity contribution is 7.09. The second-order valence-electron chi connectivity index (χ2n) is 4.33. The van der Waals surface area contributed by atoms with Crippen molar-refractivity contribution < 1.29 is 4.74 Å². The molecule has 2 rings (SSSR count). The summed E-state index contributed by atoms with van der Waals surface area (Å²) in [6.07, 6.45) is 0.831. The Labute approximate surface area is 112 Å². The first kappa shape index (κ1) is 13.1. The third-order valence-corrected chi connectivity index (χ3v) is 3.72. The van der Waals surface area contributed by atoms with Crippen molar-refractivity contribution in [1.82, 2.24) is 4.98 Å². The fraction of sp³-hybridized carbons (Fsp3) is 0.357. The molecular weight excluding hydrogens is 244 g/mol. The Bertz CT molecular complexity index is 549. The van der Waals surface area contributed by atoms with Gasteiger partial charge in [-0.2, -0.15) is 0 Å². The Hall–Kier alpha value is -1.39. The van der Waals surface area contributed by atoms with Gasteiger partial charge in [0.05, 0.1) is 17.8 Å². The molecule has 18 heavy (non-hydrogen) atoms. The van der Waals surface area contributed by atoms with Crippen LogP contribution in [0.2, 0.25) is 0 Å². The van der Waals surface area contributed by atoms with Crippen molar-refractivity contribution in [2.45, 2.75) is 20.3 Å². The standard InChI is InChI=1S/C14H18N2OS/c1-9-6-10(2)14(17-3)11(7-9)12-8-18-13(16-12)4-5-15/h6-8H,4-5,15H2,1-3H3. The zero-order valence-corrected chi connectivity index (χ0v) is 11.8. The zero-order valence-electron chi connectivity index (χ0n) is 11.0. The van der Waals surface area contributed by atoms with Gasteiger partial charge in [0.1, 0.15) is 5.75 Å². The van der Waals surface area contributed by atoms with E-state index in [1.807, 2.05) is 0 Å². The number of methoxy groups -OCH3 is 1. The molecule has 0 radical (unpaired) electrons. The van der Waals surface area contributed by atoms with Crippen LogP contribution >= 0.6 is 11.3 Å². The minimum Gasteiger partial charge on any atom is -0.496 e. The molecule has 0 amide bonds. The van der Waals surface area contributed by atoms with E-state index in [1.54, 1.807) is 18.4 Å². The molecule has 0 bridgehead atoms. The van der Waals surface area contributed by atoms with E-state index >= 15 is 0 Å². The number of aromatic nitrogens is 1. The van der Waals surface area contributed by atoms with E-state index in [2.05, 4.69) is 36.3 Å². The molecule has 4 heteroatoms. The molecule has 0 atom stereocenters. The summed E-state index contributed by atoms with van der Waals surface area (Å²) in [7, 11) is 1.70. The summed E-state index contributed by atoms with van der Waals surface area (Å²) in [5.74, 6) is 0.908. The van der Waals surface area contributed by atoms with Crippen LogP contribution in [0.5, 0.6) is 5.75 Å². The quantitative estimate of drug-likeness (QED) is 0.921. The number of rotatable bonds is 4. The van der Waals surface area contributed by atoms with Gasteiger partial charge in [-0.15, -0.1) is 11.3 Å². The molecule has 1 heterocycles. The number of benzene rings is 1. The van der Waals surface area contributed by atoms with Crippen LogP contribution in [0.15, 0.2) is 17.5 Å². The third-order valence-electron chi connectivity index (χ3n) is 2.81. The van der Waals surface area contributed by atoms with E-state index in [4.69, 9.17) is 10.5 Å². The van der Waals surface area contributed by atoms with Gasteiger partial charge >= 0.3 is 0 Å². The van der Waals surface area contributed by atoms with Crippen LogP contribution in [-0.2, 0) is 6.42 Å². The summed E-state index contributed by atoms with van der Waals surface area (Å²) in [5, 5.41) is 3.15. The molecule has 0 aliphatic heterocycles. The summed E-state index contributed by atoms with van der Waals surface area (Å²) in [6.45, 7) is 4.78. The number of nitrogens with zero attached hydrogens (tertiary/aromatic N) is 1. The zero-order chi connectivity index (χ0) is 13.1. The Morgan fingerprint density at radius 1 is 1.33 bits per heavy atom. The van der Waals surface area contributed by atoms with Crippen molar-refractivity contribution in [3.63, 3.8) is 0 Å². The Balaban J connectivity index is 2.48. The summed E-state index contributed by atoms with van der Waals surface area (Å²) in [6, 6.07) is 4.24. The van der Waals surface area contributed by atoms with E-state index in [1.165, 1.54) is 5.56 Å². The van der Waals surface area contributed by atoms with E-state index in [0.717, 1.165) is 34.0 Å². The van der Waals surface area contributed by atoms with Gasteiger partial charge in [0.15, 0.2) is 0 Å². The fourth-order valence-electron chi connectivity index (χ4n) is 2.09. The van der Waals surface area contributed by atoms with Crippen LogP contribution in [0.3, 0.4) is 0 Å². The van der Waals surface area contributed by atoms with Crippen molar-refractivity contribution in [2.75, 3.05) is 13.7 Å². The molecule has 0 saturated heterocycles. The second-order valence-corrected chi connectivity index (χ2v) is 5.27. The topological polar surface area (TPSA) is 48.1 Å². The van der Waals surface area contributed by atoms with Gasteiger partial charge in [0.25, 0.3) is 0 Å². The van der Waals surface area contributed by atoms with Crippen molar-refractivity contribution in [2.24, 2.45) is 5.73 Å². The SMILES string of the molecule is COc1c(C)cc(C)cc1-c1csc(CCN)n1. The molecule has 0 aliphatic carbocycles. The average molecular weight is 262 g/mol. The largest absolute Gasteiger partial charge is 0.496 e. The highest BCUT2D eigenvalue weighted by atomic mass is 32.1. The van der Waals surface area contributed by atoms with Gasteiger partial charge in [-0.3, -0.25) is 0 Å². The highest BCUT2D eigenvalue weighted by Gasteiger charge is 2.12. The van der Waals surface area contributed by atoms with Crippen LogP contribution in [0.4, 0.5) is 0 Å². The molecule has 0 aliphatic rings. The lowest BCUT2D eigenvalue weighted by molar-refractivity contribution is 0.413. The Morgan fingerprint density at radius 2 is 2.11 bits per heavy atom. The van der Waals surface area contributed by atoms with Crippen molar-refractivity contribution in [3.8, 4) is 17.0 Å². The first-order chi connectivity index (χ1) is 8.65. The minimum absolute atomic E-state index is 0.636. The molecule has 0 unspecified atom stereocenters. The normalized spacial score (nSPS) is 10.7. The summed E-state index contributed by atoms with van der Waals surface area (Å²) >= 11 is 1.65. The molecule has 0 saturated carbocycles. The maximum absolute atomic E-state index is 5.55. The van der Waals surface area contributed by atoms with E-state index in [9.17, 15) is 0 Å². The number of ether oxygens (including phenoxy) is 1. The summed E-state index contributed by atoms with van der Waals surface area (Å²) in [5.41, 5.74) is 9.96. The second kappa shape index (κ2) is 5.50. The molecule has 96 valence electrons. The number of hydrogen-bond acceptors (Lipinski definition) is 4. The van der Waals surface area contributed by atoms with E-state index in [0.29, 0.717) is 6.54 Å². The van der Waals surface area contributed by atoms with Crippen LogP contribution in [-0.4, -0.2) is 18.6 Å². The molecular formula is C14H18N2OS. The molecule has 0 fully saturated rings. The first-order valence-corrected chi connectivity index (χ1v) is 6.83. The number of nitrogens with two attached hydrogens (primary N) is 1. The van der Waals surface area contributed by atoms with Gasteiger partial charge in [-0.05, 0) is 37.6 Å². The van der Waals surface area contributed by atoms with Crippen molar-refractivity contribution in [1.29, 1.82) is 0 Å². The molecule has 1 aromatic carbocycles. The van der Waals surface area contributed by atoms with Gasteiger partial charge < -0.3 is 10.5 Å². The third kappa shape index (κ3) is 2.54. The lowest BCUT2D eigenvalue weighted by Crippen LogP contribution is -2.02. The van der Waals surface area contributed by atoms with E-state index in [-0.39, 0.29) is 0 Å². The summed E-state index contributed by atoms with van der Waals surface area (Å²) in [4.78, 5) is 4.62. The van der Waals surface area contributed by atoms with Gasteiger partial charge in [0.2, 0.25) is 0 Å². The summed E-state index contributed by atoms with van der Waals surface area (Å²) < 4.78 is 5.49. The maximum atomic E-state index is 5.55. The van der Waals surface area contributed by atoms with Crippen LogP contribution < -0.4 is 10.5 Å². The Morgan fingerprint density at radius 3 is 2.78 bits per heavy atom. The van der Waals surface area contributed by atoms with Crippen molar-refractivity contribution in [3.05, 3.63) is 33.6 Å². The highest BCUT2D eigenvalue weighted by Crippen LogP contribution is 2.34. The smallest absolute Gasteiger partial charge is 0.131 e. The maximum Gasteiger partial charge on any atom is 0.131 e. The lowest BCUT2D eigenvalue weighted by Gasteiger charge is -2.11. The predicted molar refractivity (Wildman–Crippen MR) is 76.3 cm³/mol. The van der Waals surface area contributed by atoms with Crippen LogP contribution in [0.25, 0.3) is 11.3 Å². The minimum atomic E-state index is 0.636. The number of aryl methyl sites for hydroxylation is 2. The number of hydrogen-bond donors (Lipinski definition) is 1. The lowest BCUT2D eigenvalue weighted by atomic mass is 10.0.